The topological polar surface area (TPSA) is 29.3 Å². The van der Waals surface area contributed by atoms with Crippen molar-refractivity contribution < 1.29 is 4.39 Å². The van der Waals surface area contributed by atoms with Crippen LogP contribution in [0.2, 0.25) is 0 Å². The van der Waals surface area contributed by atoms with Gasteiger partial charge in [0.2, 0.25) is 0 Å². The number of benzene rings is 1. The summed E-state index contributed by atoms with van der Waals surface area (Å²) in [5.74, 6) is -0.266. The largest absolute Gasteiger partial charge is 0.397 e. The van der Waals surface area contributed by atoms with E-state index in [2.05, 4.69) is 11.8 Å². The Balaban J connectivity index is 2.31. The van der Waals surface area contributed by atoms with Crippen molar-refractivity contribution in [2.75, 3.05) is 17.2 Å². The molecule has 2 nitrogen and oxygen atoms in total. The lowest BCUT2D eigenvalue weighted by atomic mass is 10.2. The SMILES string of the molecule is CC1CCCN1c1ccc(F)cc1N. The summed E-state index contributed by atoms with van der Waals surface area (Å²) in [4.78, 5) is 2.24. The zero-order chi connectivity index (χ0) is 10.1. The molecular weight excluding hydrogens is 179 g/mol. The molecule has 1 aromatic rings. The monoisotopic (exact) mass is 194 g/mol. The van der Waals surface area contributed by atoms with E-state index >= 15 is 0 Å². The van der Waals surface area contributed by atoms with Crippen LogP contribution >= 0.6 is 0 Å². The molecule has 1 atom stereocenters. The molecule has 14 heavy (non-hydrogen) atoms. The summed E-state index contributed by atoms with van der Waals surface area (Å²) in [5.41, 5.74) is 7.29. The smallest absolute Gasteiger partial charge is 0.125 e. The lowest BCUT2D eigenvalue weighted by Crippen LogP contribution is -2.27. The van der Waals surface area contributed by atoms with Gasteiger partial charge in [0.25, 0.3) is 0 Å². The highest BCUT2D eigenvalue weighted by Crippen LogP contribution is 2.30. The molecule has 76 valence electrons. The van der Waals surface area contributed by atoms with Crippen LogP contribution in [-0.4, -0.2) is 12.6 Å². The molecule has 0 bridgehead atoms. The van der Waals surface area contributed by atoms with Gasteiger partial charge >= 0.3 is 0 Å². The third-order valence-electron chi connectivity index (χ3n) is 2.85. The Morgan fingerprint density at radius 2 is 2.29 bits per heavy atom. The third kappa shape index (κ3) is 1.54. The van der Waals surface area contributed by atoms with E-state index in [1.165, 1.54) is 25.0 Å². The van der Waals surface area contributed by atoms with Gasteiger partial charge in [0.1, 0.15) is 5.82 Å². The van der Waals surface area contributed by atoms with Gasteiger partial charge in [-0.05, 0) is 38.0 Å². The molecule has 1 saturated heterocycles. The highest BCUT2D eigenvalue weighted by molar-refractivity contribution is 5.68. The van der Waals surface area contributed by atoms with Gasteiger partial charge in [-0.2, -0.15) is 0 Å². The fraction of sp³-hybridized carbons (Fsp3) is 0.455. The first kappa shape index (κ1) is 9.31. The van der Waals surface area contributed by atoms with E-state index in [-0.39, 0.29) is 5.82 Å². The number of hydrogen-bond donors (Lipinski definition) is 1. The average Bonchev–Trinajstić information content (AvgIpc) is 2.52. The molecule has 1 aliphatic heterocycles. The Morgan fingerprint density at radius 3 is 2.86 bits per heavy atom. The van der Waals surface area contributed by atoms with E-state index in [0.29, 0.717) is 11.7 Å². The Morgan fingerprint density at radius 1 is 1.50 bits per heavy atom. The number of hydrogen-bond acceptors (Lipinski definition) is 2. The van der Waals surface area contributed by atoms with Crippen LogP contribution in [-0.2, 0) is 0 Å². The number of anilines is 2. The van der Waals surface area contributed by atoms with Gasteiger partial charge in [-0.1, -0.05) is 0 Å². The lowest BCUT2D eigenvalue weighted by Gasteiger charge is -2.25. The summed E-state index contributed by atoms with van der Waals surface area (Å²) in [6, 6.07) is 5.15. The zero-order valence-electron chi connectivity index (χ0n) is 8.33. The molecule has 0 saturated carbocycles. The van der Waals surface area contributed by atoms with Crippen LogP contribution < -0.4 is 10.6 Å². The molecule has 1 heterocycles. The van der Waals surface area contributed by atoms with Gasteiger partial charge < -0.3 is 10.6 Å². The second-order valence-corrected chi connectivity index (χ2v) is 3.89. The van der Waals surface area contributed by atoms with Gasteiger partial charge in [0, 0.05) is 12.6 Å². The van der Waals surface area contributed by atoms with Crippen LogP contribution in [0.1, 0.15) is 19.8 Å². The molecule has 0 aromatic heterocycles. The van der Waals surface area contributed by atoms with Crippen LogP contribution in [0.4, 0.5) is 15.8 Å². The Hall–Kier alpha value is -1.25. The van der Waals surface area contributed by atoms with E-state index in [4.69, 9.17) is 5.73 Å². The van der Waals surface area contributed by atoms with Crippen LogP contribution in [0.5, 0.6) is 0 Å². The maximum atomic E-state index is 12.8. The lowest BCUT2D eigenvalue weighted by molar-refractivity contribution is 0.628. The Kier molecular flexibility index (Phi) is 2.32. The fourth-order valence-electron chi connectivity index (χ4n) is 2.08. The van der Waals surface area contributed by atoms with Gasteiger partial charge in [-0.3, -0.25) is 0 Å². The minimum atomic E-state index is -0.266. The Bertz CT molecular complexity index is 338. The van der Waals surface area contributed by atoms with Crippen molar-refractivity contribution in [2.24, 2.45) is 0 Å². The predicted octanol–water partition coefficient (Wildman–Crippen LogP) is 2.40. The fourth-order valence-corrected chi connectivity index (χ4v) is 2.08. The first-order valence-electron chi connectivity index (χ1n) is 5.00. The Labute approximate surface area is 83.5 Å². The highest BCUT2D eigenvalue weighted by Gasteiger charge is 2.21. The van der Waals surface area contributed by atoms with Crippen LogP contribution in [0.3, 0.4) is 0 Å². The van der Waals surface area contributed by atoms with Crippen molar-refractivity contribution in [3.8, 4) is 0 Å². The number of halogens is 1. The van der Waals surface area contributed by atoms with E-state index < -0.39 is 0 Å². The van der Waals surface area contributed by atoms with E-state index in [1.54, 1.807) is 6.07 Å². The van der Waals surface area contributed by atoms with Crippen molar-refractivity contribution in [1.29, 1.82) is 0 Å². The molecule has 3 heteroatoms. The van der Waals surface area contributed by atoms with Crippen molar-refractivity contribution >= 4 is 11.4 Å². The van der Waals surface area contributed by atoms with E-state index in [9.17, 15) is 4.39 Å². The summed E-state index contributed by atoms with van der Waals surface area (Å²) in [7, 11) is 0. The first-order valence-corrected chi connectivity index (χ1v) is 5.00. The molecule has 1 unspecified atom stereocenters. The molecule has 1 fully saturated rings. The molecule has 0 spiro atoms. The number of nitrogens with two attached hydrogens (primary N) is 1. The third-order valence-corrected chi connectivity index (χ3v) is 2.85. The van der Waals surface area contributed by atoms with E-state index in [0.717, 1.165) is 12.2 Å². The minimum Gasteiger partial charge on any atom is -0.397 e. The van der Waals surface area contributed by atoms with Gasteiger partial charge in [-0.15, -0.1) is 0 Å². The normalized spacial score (nSPS) is 21.6. The second-order valence-electron chi connectivity index (χ2n) is 3.89. The average molecular weight is 194 g/mol. The van der Waals surface area contributed by atoms with Gasteiger partial charge in [-0.25, -0.2) is 4.39 Å². The van der Waals surface area contributed by atoms with Crippen LogP contribution in [0.25, 0.3) is 0 Å². The second kappa shape index (κ2) is 3.48. The maximum Gasteiger partial charge on any atom is 0.125 e. The van der Waals surface area contributed by atoms with Crippen LogP contribution in [0.15, 0.2) is 18.2 Å². The number of nitrogens with zero attached hydrogens (tertiary/aromatic N) is 1. The minimum absolute atomic E-state index is 0.266. The molecule has 1 aliphatic rings. The molecule has 2 rings (SSSR count). The van der Waals surface area contributed by atoms with E-state index in [1.807, 2.05) is 0 Å². The van der Waals surface area contributed by atoms with Crippen molar-refractivity contribution in [3.05, 3.63) is 24.0 Å². The molecular formula is C11H15FN2. The quantitative estimate of drug-likeness (QED) is 0.695. The summed E-state index contributed by atoms with van der Waals surface area (Å²) in [5, 5.41) is 0. The van der Waals surface area contributed by atoms with Crippen molar-refractivity contribution in [2.45, 2.75) is 25.8 Å². The van der Waals surface area contributed by atoms with Crippen LogP contribution in [0, 0.1) is 5.82 Å². The highest BCUT2D eigenvalue weighted by atomic mass is 19.1. The molecule has 2 N–H and O–H groups in total. The maximum absolute atomic E-state index is 12.8. The zero-order valence-corrected chi connectivity index (χ0v) is 8.33. The molecule has 0 aliphatic carbocycles. The number of nitrogen functional groups attached to an aromatic ring is 1. The predicted molar refractivity (Wildman–Crippen MR) is 56.9 cm³/mol. The summed E-state index contributed by atoms with van der Waals surface area (Å²) in [6.45, 7) is 3.20. The molecule has 1 aromatic carbocycles. The van der Waals surface area contributed by atoms with Gasteiger partial charge in [0.15, 0.2) is 0 Å². The van der Waals surface area contributed by atoms with Crippen molar-refractivity contribution in [1.82, 2.24) is 0 Å². The summed E-state index contributed by atoms with van der Waals surface area (Å²) < 4.78 is 12.8. The molecule has 0 amide bonds. The summed E-state index contributed by atoms with van der Waals surface area (Å²) >= 11 is 0. The summed E-state index contributed by atoms with van der Waals surface area (Å²) in [6.07, 6.45) is 2.38. The standard InChI is InChI=1S/C11H15FN2/c1-8-3-2-6-14(8)11-5-4-9(12)7-10(11)13/h4-5,7-8H,2-3,6,13H2,1H3. The number of rotatable bonds is 1. The van der Waals surface area contributed by atoms with Gasteiger partial charge in [0.05, 0.1) is 11.4 Å². The molecule has 0 radical (unpaired) electrons. The first-order chi connectivity index (χ1) is 6.68. The van der Waals surface area contributed by atoms with Crippen molar-refractivity contribution in [3.63, 3.8) is 0 Å².